The largest absolute Gasteiger partial charge is 0.334 e. The first kappa shape index (κ1) is 20.6. The lowest BCUT2D eigenvalue weighted by molar-refractivity contribution is 0.251. The number of amides is 2. The molecule has 3 heterocycles. The van der Waals surface area contributed by atoms with Crippen LogP contribution in [0.1, 0.15) is 5.56 Å². The van der Waals surface area contributed by atoms with Gasteiger partial charge in [-0.25, -0.2) is 14.5 Å². The molecule has 0 aliphatic heterocycles. The van der Waals surface area contributed by atoms with E-state index in [2.05, 4.69) is 25.7 Å². The first-order valence-corrected chi connectivity index (χ1v) is 9.93. The third-order valence-electron chi connectivity index (χ3n) is 4.44. The van der Waals surface area contributed by atoms with Gasteiger partial charge in [-0.2, -0.15) is 0 Å². The van der Waals surface area contributed by atoms with E-state index in [1.165, 1.54) is 4.68 Å². The number of pyridine rings is 2. The molecule has 2 amide bonds. The molecule has 0 radical (unpaired) electrons. The predicted molar refractivity (Wildman–Crippen MR) is 120 cm³/mol. The van der Waals surface area contributed by atoms with Crippen LogP contribution in [0.25, 0.3) is 16.9 Å². The van der Waals surface area contributed by atoms with Crippen molar-refractivity contribution in [2.24, 2.45) is 0 Å². The van der Waals surface area contributed by atoms with Crippen molar-refractivity contribution in [2.45, 2.75) is 6.54 Å². The summed E-state index contributed by atoms with van der Waals surface area (Å²) in [6.07, 6.45) is 6.43. The van der Waals surface area contributed by atoms with Crippen LogP contribution in [-0.4, -0.2) is 25.8 Å². The Hall–Kier alpha value is -3.62. The Balaban J connectivity index is 1.47. The van der Waals surface area contributed by atoms with E-state index < -0.39 is 6.03 Å². The van der Waals surface area contributed by atoms with Crippen molar-refractivity contribution >= 4 is 34.9 Å². The second kappa shape index (κ2) is 9.03. The van der Waals surface area contributed by atoms with Crippen LogP contribution in [0.5, 0.6) is 0 Å². The number of aromatic nitrogens is 4. The molecule has 0 unspecified atom stereocenters. The van der Waals surface area contributed by atoms with Crippen LogP contribution in [0.3, 0.4) is 0 Å². The Morgan fingerprint density at radius 1 is 1.13 bits per heavy atom. The summed E-state index contributed by atoms with van der Waals surface area (Å²) >= 11 is 12.0. The number of H-pyrrole nitrogens is 1. The van der Waals surface area contributed by atoms with Gasteiger partial charge in [0.2, 0.25) is 0 Å². The maximum Gasteiger partial charge on any atom is 0.319 e. The number of halogens is 2. The summed E-state index contributed by atoms with van der Waals surface area (Å²) in [6.45, 7) is 0.213. The van der Waals surface area contributed by atoms with Crippen LogP contribution in [-0.2, 0) is 6.54 Å². The predicted octanol–water partition coefficient (Wildman–Crippen LogP) is 4.25. The Morgan fingerprint density at radius 2 is 2.00 bits per heavy atom. The molecule has 4 aromatic rings. The zero-order valence-electron chi connectivity index (χ0n) is 16.0. The molecular weight excluding hydrogens is 439 g/mol. The topological polar surface area (TPSA) is 105 Å². The van der Waals surface area contributed by atoms with Gasteiger partial charge in [0.25, 0.3) is 5.56 Å². The molecule has 0 atom stereocenters. The van der Waals surface area contributed by atoms with Crippen LogP contribution in [0, 0.1) is 0 Å². The van der Waals surface area contributed by atoms with Crippen molar-refractivity contribution in [1.82, 2.24) is 25.1 Å². The summed E-state index contributed by atoms with van der Waals surface area (Å²) in [6, 6.07) is 11.5. The Bertz CT molecular complexity index is 1290. The summed E-state index contributed by atoms with van der Waals surface area (Å²) < 4.78 is 1.33. The van der Waals surface area contributed by atoms with Gasteiger partial charge in [-0.05, 0) is 35.9 Å². The quantitative estimate of drug-likeness (QED) is 0.419. The van der Waals surface area contributed by atoms with Gasteiger partial charge in [0.15, 0.2) is 5.82 Å². The molecular formula is C21H16Cl2N6O2. The lowest BCUT2D eigenvalue weighted by atomic mass is 10.2. The minimum atomic E-state index is -0.446. The van der Waals surface area contributed by atoms with Crippen LogP contribution < -0.4 is 16.2 Å². The van der Waals surface area contributed by atoms with E-state index in [0.29, 0.717) is 27.7 Å². The number of carbonyl (C=O) groups is 1. The molecule has 3 N–H and O–H groups in total. The van der Waals surface area contributed by atoms with E-state index >= 15 is 0 Å². The number of rotatable bonds is 5. The molecule has 0 saturated heterocycles. The molecule has 0 fully saturated rings. The number of urea groups is 1. The highest BCUT2D eigenvalue weighted by Gasteiger charge is 2.12. The molecule has 0 spiro atoms. The van der Waals surface area contributed by atoms with Crippen molar-refractivity contribution in [3.63, 3.8) is 0 Å². The second-order valence-electron chi connectivity index (χ2n) is 6.50. The fourth-order valence-electron chi connectivity index (χ4n) is 2.91. The monoisotopic (exact) mass is 454 g/mol. The molecule has 0 bridgehead atoms. The van der Waals surface area contributed by atoms with Crippen LogP contribution in [0.2, 0.25) is 10.0 Å². The average molecular weight is 455 g/mol. The van der Waals surface area contributed by atoms with E-state index in [0.717, 1.165) is 5.56 Å². The number of nitrogens with one attached hydrogen (secondary N) is 3. The molecule has 10 heteroatoms. The zero-order valence-corrected chi connectivity index (χ0v) is 17.5. The molecule has 0 aliphatic rings. The van der Waals surface area contributed by atoms with Crippen LogP contribution in [0.15, 0.2) is 72.0 Å². The number of aromatic amines is 1. The smallest absolute Gasteiger partial charge is 0.319 e. The van der Waals surface area contributed by atoms with Gasteiger partial charge in [0.05, 0.1) is 21.3 Å². The Kier molecular flexibility index (Phi) is 6.01. The standard InChI is InChI=1S/C21H16Cl2N6O2/c22-16-4-1-5-17(19(16)23)28-21(31)26-10-13-6-8-25-18(9-13)29-20(30)15(12-27-29)14-3-2-7-24-11-14/h1-9,11-12,27H,10H2,(H2,26,28,31). The highest BCUT2D eigenvalue weighted by atomic mass is 35.5. The summed E-state index contributed by atoms with van der Waals surface area (Å²) in [4.78, 5) is 33.3. The summed E-state index contributed by atoms with van der Waals surface area (Å²) in [5, 5.41) is 8.91. The highest BCUT2D eigenvalue weighted by molar-refractivity contribution is 6.43. The average Bonchev–Trinajstić information content (AvgIpc) is 3.17. The van der Waals surface area contributed by atoms with E-state index in [9.17, 15) is 9.59 Å². The van der Waals surface area contributed by atoms with Crippen molar-refractivity contribution in [2.75, 3.05) is 5.32 Å². The minimum Gasteiger partial charge on any atom is -0.334 e. The van der Waals surface area contributed by atoms with E-state index in [-0.39, 0.29) is 17.1 Å². The number of benzene rings is 1. The van der Waals surface area contributed by atoms with E-state index in [1.807, 2.05) is 0 Å². The fourth-order valence-corrected chi connectivity index (χ4v) is 3.26. The first-order chi connectivity index (χ1) is 15.0. The number of nitrogens with zero attached hydrogens (tertiary/aromatic N) is 3. The summed E-state index contributed by atoms with van der Waals surface area (Å²) in [5.41, 5.74) is 2.09. The maximum absolute atomic E-state index is 12.8. The lowest BCUT2D eigenvalue weighted by Crippen LogP contribution is -2.28. The molecule has 156 valence electrons. The van der Waals surface area contributed by atoms with Crippen LogP contribution >= 0.6 is 23.2 Å². The highest BCUT2D eigenvalue weighted by Crippen LogP contribution is 2.29. The fraction of sp³-hybridized carbons (Fsp3) is 0.0476. The number of hydrogen-bond donors (Lipinski definition) is 3. The molecule has 31 heavy (non-hydrogen) atoms. The lowest BCUT2D eigenvalue weighted by Gasteiger charge is -2.10. The van der Waals surface area contributed by atoms with E-state index in [4.69, 9.17) is 23.2 Å². The minimum absolute atomic E-state index is 0.213. The normalized spacial score (nSPS) is 10.6. The molecule has 0 aliphatic carbocycles. The number of carbonyl (C=O) groups excluding carboxylic acids is 1. The van der Waals surface area contributed by atoms with Crippen molar-refractivity contribution < 1.29 is 4.79 Å². The SMILES string of the molecule is O=C(NCc1ccnc(-n2[nH]cc(-c3cccnc3)c2=O)c1)Nc1cccc(Cl)c1Cl. The van der Waals surface area contributed by atoms with Crippen molar-refractivity contribution in [1.29, 1.82) is 0 Å². The van der Waals surface area contributed by atoms with Gasteiger partial charge in [0.1, 0.15) is 0 Å². The molecule has 3 aromatic heterocycles. The Morgan fingerprint density at radius 3 is 2.81 bits per heavy atom. The van der Waals surface area contributed by atoms with Gasteiger partial charge in [-0.1, -0.05) is 35.3 Å². The van der Waals surface area contributed by atoms with Gasteiger partial charge in [-0.3, -0.25) is 14.9 Å². The number of hydrogen-bond acceptors (Lipinski definition) is 4. The molecule has 4 rings (SSSR count). The van der Waals surface area contributed by atoms with Crippen molar-refractivity contribution in [3.05, 3.63) is 93.2 Å². The van der Waals surface area contributed by atoms with Gasteiger partial charge in [-0.15, -0.1) is 0 Å². The third-order valence-corrected chi connectivity index (χ3v) is 5.25. The van der Waals surface area contributed by atoms with E-state index in [1.54, 1.807) is 67.3 Å². The zero-order chi connectivity index (χ0) is 21.8. The molecule has 1 aromatic carbocycles. The van der Waals surface area contributed by atoms with Gasteiger partial charge < -0.3 is 10.6 Å². The molecule has 8 nitrogen and oxygen atoms in total. The summed E-state index contributed by atoms with van der Waals surface area (Å²) in [7, 11) is 0. The number of anilines is 1. The molecule has 0 saturated carbocycles. The third kappa shape index (κ3) is 4.60. The van der Waals surface area contributed by atoms with Crippen LogP contribution in [0.4, 0.5) is 10.5 Å². The Labute approximate surface area is 186 Å². The summed E-state index contributed by atoms with van der Waals surface area (Å²) in [5.74, 6) is 0.401. The maximum atomic E-state index is 12.8. The van der Waals surface area contributed by atoms with Crippen molar-refractivity contribution in [3.8, 4) is 16.9 Å². The first-order valence-electron chi connectivity index (χ1n) is 9.18. The van der Waals surface area contributed by atoms with Gasteiger partial charge in [0, 0.05) is 36.9 Å². The second-order valence-corrected chi connectivity index (χ2v) is 7.29. The van der Waals surface area contributed by atoms with Gasteiger partial charge >= 0.3 is 6.03 Å².